The molecule has 0 aromatic heterocycles. The molecule has 1 rings (SSSR count). The van der Waals surface area contributed by atoms with Gasteiger partial charge in [-0.2, -0.15) is 13.2 Å². The molecule has 0 bridgehead atoms. The number of hydrogen-bond donors (Lipinski definition) is 0. The van der Waals surface area contributed by atoms with Gasteiger partial charge in [0.2, 0.25) is 0 Å². The molecule has 19 heavy (non-hydrogen) atoms. The Bertz CT molecular complexity index is 556. The Morgan fingerprint density at radius 1 is 1.42 bits per heavy atom. The molecule has 0 saturated heterocycles. The van der Waals surface area contributed by atoms with Crippen LogP contribution in [0.1, 0.15) is 26.3 Å². The van der Waals surface area contributed by atoms with Crippen LogP contribution in [-0.4, -0.2) is 22.9 Å². The van der Waals surface area contributed by atoms with E-state index in [0.717, 1.165) is 0 Å². The van der Waals surface area contributed by atoms with Crippen molar-refractivity contribution in [3.63, 3.8) is 0 Å². The second-order valence-corrected chi connectivity index (χ2v) is 3.65. The molecule has 9 heteroatoms. The van der Waals surface area contributed by atoms with Crippen molar-refractivity contribution in [2.24, 2.45) is 0 Å². The number of nitro groups is 1. The van der Waals surface area contributed by atoms with E-state index in [1.165, 1.54) is 0 Å². The van der Waals surface area contributed by atoms with Crippen LogP contribution in [0.2, 0.25) is 0 Å². The number of halogens is 4. The first kappa shape index (κ1) is 15.1. The molecule has 0 heterocycles. The molecule has 0 atom stereocenters. The zero-order valence-corrected chi connectivity index (χ0v) is 9.79. The smallest absolute Gasteiger partial charge is 0.298 e. The Morgan fingerprint density at radius 3 is 2.37 bits per heavy atom. The van der Waals surface area contributed by atoms with Crippen molar-refractivity contribution < 1.29 is 27.7 Å². The molecule has 0 fully saturated rings. The Hall–Kier alpha value is -1.96. The summed E-state index contributed by atoms with van der Waals surface area (Å²) in [6.45, 7) is 0. The van der Waals surface area contributed by atoms with E-state index in [1.54, 1.807) is 0 Å². The van der Waals surface area contributed by atoms with Gasteiger partial charge < -0.3 is 0 Å². The fourth-order valence-corrected chi connectivity index (χ4v) is 1.52. The normalized spacial score (nSPS) is 11.2. The second kappa shape index (κ2) is 5.35. The number of nitrogens with zero attached hydrogens (tertiary/aromatic N) is 1. The summed E-state index contributed by atoms with van der Waals surface area (Å²) in [4.78, 5) is 31.6. The van der Waals surface area contributed by atoms with Gasteiger partial charge in [0, 0.05) is 11.6 Å². The minimum atomic E-state index is -4.88. The predicted molar refractivity (Wildman–Crippen MR) is 58.5 cm³/mol. The minimum Gasteiger partial charge on any atom is -0.298 e. The first-order valence-corrected chi connectivity index (χ1v) is 5.19. The molecular formula is C10H5ClF3NO4. The molecule has 0 unspecified atom stereocenters. The van der Waals surface area contributed by atoms with E-state index in [1.807, 2.05) is 0 Å². The Morgan fingerprint density at radius 2 is 2.00 bits per heavy atom. The number of Topliss-reactive ketones (excluding diaryl/α,β-unsaturated/α-hetero) is 1. The summed E-state index contributed by atoms with van der Waals surface area (Å²) < 4.78 is 37.7. The summed E-state index contributed by atoms with van der Waals surface area (Å²) in [5, 5.41) is 10.7. The van der Waals surface area contributed by atoms with E-state index < -0.39 is 45.1 Å². The molecule has 0 N–H and O–H groups in total. The fraction of sp³-hybridized carbons (Fsp3) is 0.200. The fourth-order valence-electron chi connectivity index (χ4n) is 1.38. The van der Waals surface area contributed by atoms with Crippen molar-refractivity contribution in [1.82, 2.24) is 0 Å². The van der Waals surface area contributed by atoms with Gasteiger partial charge in [-0.25, -0.2) is 0 Å². The van der Waals surface area contributed by atoms with Crippen LogP contribution in [0.5, 0.6) is 0 Å². The Labute approximate surface area is 109 Å². The quantitative estimate of drug-likeness (QED) is 0.281. The predicted octanol–water partition coefficient (Wildman–Crippen LogP) is 2.85. The van der Waals surface area contributed by atoms with Crippen molar-refractivity contribution in [2.75, 3.05) is 5.88 Å². The highest BCUT2D eigenvalue weighted by atomic mass is 35.5. The number of rotatable bonds is 4. The Kier molecular flexibility index (Phi) is 4.25. The number of hydrogen-bond acceptors (Lipinski definition) is 4. The summed E-state index contributed by atoms with van der Waals surface area (Å²) in [6, 6.07) is 0.580. The lowest BCUT2D eigenvalue weighted by Gasteiger charge is -2.10. The zero-order valence-electron chi connectivity index (χ0n) is 9.03. The highest BCUT2D eigenvalue weighted by molar-refractivity contribution is 6.31. The van der Waals surface area contributed by atoms with Gasteiger partial charge in [-0.15, -0.1) is 11.6 Å². The van der Waals surface area contributed by atoms with Gasteiger partial charge in [0.15, 0.2) is 12.1 Å². The number of alkyl halides is 4. The van der Waals surface area contributed by atoms with Crippen LogP contribution in [-0.2, 0) is 6.18 Å². The number of benzene rings is 1. The van der Waals surface area contributed by atoms with Gasteiger partial charge >= 0.3 is 6.18 Å². The van der Waals surface area contributed by atoms with Crippen LogP contribution in [0.15, 0.2) is 12.1 Å². The molecule has 1 aromatic carbocycles. The van der Waals surface area contributed by atoms with Crippen LogP contribution >= 0.6 is 11.6 Å². The van der Waals surface area contributed by atoms with Crippen molar-refractivity contribution in [1.29, 1.82) is 0 Å². The van der Waals surface area contributed by atoms with Crippen LogP contribution < -0.4 is 0 Å². The summed E-state index contributed by atoms with van der Waals surface area (Å²) in [7, 11) is 0. The second-order valence-electron chi connectivity index (χ2n) is 3.39. The SMILES string of the molecule is O=Cc1c(C(=O)CCl)cc(C(F)(F)F)cc1[N+](=O)[O-]. The summed E-state index contributed by atoms with van der Waals surface area (Å²) in [5.41, 5.74) is -3.91. The highest BCUT2D eigenvalue weighted by Gasteiger charge is 2.35. The maximum Gasteiger partial charge on any atom is 0.416 e. The first-order chi connectivity index (χ1) is 8.72. The van der Waals surface area contributed by atoms with E-state index >= 15 is 0 Å². The van der Waals surface area contributed by atoms with Crippen LogP contribution in [0.4, 0.5) is 18.9 Å². The van der Waals surface area contributed by atoms with E-state index in [4.69, 9.17) is 11.6 Å². The summed E-state index contributed by atoms with van der Waals surface area (Å²) in [6.07, 6.45) is -4.93. The van der Waals surface area contributed by atoms with E-state index in [9.17, 15) is 32.9 Å². The topological polar surface area (TPSA) is 77.3 Å². The van der Waals surface area contributed by atoms with Gasteiger partial charge in [0.25, 0.3) is 5.69 Å². The molecule has 102 valence electrons. The van der Waals surface area contributed by atoms with Crippen molar-refractivity contribution >= 4 is 29.4 Å². The molecule has 0 aliphatic carbocycles. The molecule has 0 radical (unpaired) electrons. The standard InChI is InChI=1S/C10H5ClF3NO4/c11-3-9(17)6-1-5(10(12,13)14)2-8(15(18)19)7(6)4-16/h1-2,4H,3H2. The number of ketones is 1. The maximum atomic E-state index is 12.6. The van der Waals surface area contributed by atoms with Crippen LogP contribution in [0.3, 0.4) is 0 Å². The third-order valence-corrected chi connectivity index (χ3v) is 2.46. The van der Waals surface area contributed by atoms with E-state index in [2.05, 4.69) is 0 Å². The number of aldehydes is 1. The molecule has 0 aliphatic rings. The number of carbonyl (C=O) groups is 2. The van der Waals surface area contributed by atoms with Gasteiger partial charge in [-0.1, -0.05) is 0 Å². The zero-order chi connectivity index (χ0) is 14.8. The third-order valence-electron chi connectivity index (χ3n) is 2.22. The molecule has 0 aliphatic heterocycles. The lowest BCUT2D eigenvalue weighted by Crippen LogP contribution is -2.13. The third kappa shape index (κ3) is 3.08. The number of carbonyl (C=O) groups excluding carboxylic acids is 2. The first-order valence-electron chi connectivity index (χ1n) is 4.66. The Balaban J connectivity index is 3.69. The molecule has 0 saturated carbocycles. The molecule has 5 nitrogen and oxygen atoms in total. The van der Waals surface area contributed by atoms with Gasteiger partial charge in [0.1, 0.15) is 5.56 Å². The van der Waals surface area contributed by atoms with Gasteiger partial charge in [-0.3, -0.25) is 19.7 Å². The van der Waals surface area contributed by atoms with Gasteiger partial charge in [-0.05, 0) is 6.07 Å². The van der Waals surface area contributed by atoms with Crippen molar-refractivity contribution in [3.8, 4) is 0 Å². The van der Waals surface area contributed by atoms with Crippen LogP contribution in [0.25, 0.3) is 0 Å². The van der Waals surface area contributed by atoms with Gasteiger partial charge in [0.05, 0.1) is 16.4 Å². The van der Waals surface area contributed by atoms with Crippen LogP contribution in [0, 0.1) is 10.1 Å². The van der Waals surface area contributed by atoms with Crippen molar-refractivity contribution in [3.05, 3.63) is 38.9 Å². The molecule has 0 amide bonds. The lowest BCUT2D eigenvalue weighted by molar-refractivity contribution is -0.385. The highest BCUT2D eigenvalue weighted by Crippen LogP contribution is 2.34. The maximum absolute atomic E-state index is 12.6. The summed E-state index contributed by atoms with van der Waals surface area (Å²) in [5.74, 6) is -1.70. The van der Waals surface area contributed by atoms with Crippen molar-refractivity contribution in [2.45, 2.75) is 6.18 Å². The average Bonchev–Trinajstić information content (AvgIpc) is 2.34. The number of nitro benzene ring substituents is 1. The summed E-state index contributed by atoms with van der Waals surface area (Å²) >= 11 is 5.20. The average molecular weight is 296 g/mol. The van der Waals surface area contributed by atoms with E-state index in [-0.39, 0.29) is 12.4 Å². The monoisotopic (exact) mass is 295 g/mol. The lowest BCUT2D eigenvalue weighted by atomic mass is 9.99. The minimum absolute atomic E-state index is 0.0436. The van der Waals surface area contributed by atoms with E-state index in [0.29, 0.717) is 6.07 Å². The largest absolute Gasteiger partial charge is 0.416 e. The molecular weight excluding hydrogens is 291 g/mol. The molecule has 0 spiro atoms. The molecule has 1 aromatic rings.